The monoisotopic (exact) mass is 444 g/mol. The number of aromatic nitrogens is 4. The van der Waals surface area contributed by atoms with Gasteiger partial charge in [0, 0.05) is 18.8 Å². The molecule has 0 atom stereocenters. The molecular formula is C21H28N6O3S. The second-order valence-corrected chi connectivity index (χ2v) is 9.66. The van der Waals surface area contributed by atoms with Gasteiger partial charge >= 0.3 is 6.09 Å². The molecule has 3 heterocycles. The number of ether oxygens (including phenoxy) is 1. The van der Waals surface area contributed by atoms with E-state index in [4.69, 9.17) is 4.74 Å². The molecule has 0 bridgehead atoms. The van der Waals surface area contributed by atoms with Gasteiger partial charge in [0.15, 0.2) is 5.82 Å². The van der Waals surface area contributed by atoms with E-state index in [1.165, 1.54) is 4.90 Å². The molecule has 3 rings (SSSR count). The van der Waals surface area contributed by atoms with Crippen LogP contribution < -0.4 is 0 Å². The number of aromatic hydroxyl groups is 1. The third kappa shape index (κ3) is 6.31. The topological polar surface area (TPSA) is 107 Å². The van der Waals surface area contributed by atoms with Gasteiger partial charge in [-0.2, -0.15) is 4.98 Å². The quantitative estimate of drug-likeness (QED) is 0.553. The molecule has 31 heavy (non-hydrogen) atoms. The minimum Gasteiger partial charge on any atom is -0.493 e. The fraction of sp³-hybridized carbons (Fsp3) is 0.429. The SMILES string of the molecule is CN(C)SCc1cc(O)nc(-c2ccc3[nH]c(CN(C)C(=O)OC(C)(C)C)cc3n2)n1. The number of hydrogen-bond acceptors (Lipinski definition) is 8. The van der Waals surface area contributed by atoms with Crippen molar-refractivity contribution in [3.63, 3.8) is 0 Å². The van der Waals surface area contributed by atoms with Crippen LogP contribution >= 0.6 is 11.9 Å². The number of pyridine rings is 1. The molecular weight excluding hydrogens is 416 g/mol. The van der Waals surface area contributed by atoms with Crippen LogP contribution in [0, 0.1) is 0 Å². The summed E-state index contributed by atoms with van der Waals surface area (Å²) in [6, 6.07) is 7.12. The molecule has 166 valence electrons. The summed E-state index contributed by atoms with van der Waals surface area (Å²) in [4.78, 5) is 30.3. The maximum absolute atomic E-state index is 12.2. The number of amides is 1. The Morgan fingerprint density at radius 2 is 1.90 bits per heavy atom. The van der Waals surface area contributed by atoms with Gasteiger partial charge in [0.05, 0.1) is 29.0 Å². The highest BCUT2D eigenvalue weighted by Crippen LogP contribution is 2.23. The number of aromatic amines is 1. The zero-order valence-electron chi connectivity index (χ0n) is 18.6. The highest BCUT2D eigenvalue weighted by Gasteiger charge is 2.20. The molecule has 0 aromatic carbocycles. The molecule has 0 aliphatic carbocycles. The first-order valence-electron chi connectivity index (χ1n) is 9.80. The molecule has 10 heteroatoms. The maximum Gasteiger partial charge on any atom is 0.410 e. The first kappa shape index (κ1) is 22.8. The van der Waals surface area contributed by atoms with Crippen molar-refractivity contribution in [2.75, 3.05) is 21.1 Å². The van der Waals surface area contributed by atoms with Crippen LogP contribution in [0.2, 0.25) is 0 Å². The number of fused-ring (bicyclic) bond motifs is 1. The lowest BCUT2D eigenvalue weighted by atomic mass is 10.2. The molecule has 0 spiro atoms. The highest BCUT2D eigenvalue weighted by molar-refractivity contribution is 7.96. The average molecular weight is 445 g/mol. The predicted octanol–water partition coefficient (Wildman–Crippen LogP) is 3.80. The fourth-order valence-electron chi connectivity index (χ4n) is 2.80. The van der Waals surface area contributed by atoms with E-state index >= 15 is 0 Å². The van der Waals surface area contributed by atoms with E-state index in [1.807, 2.05) is 51.3 Å². The van der Waals surface area contributed by atoms with Crippen molar-refractivity contribution in [1.82, 2.24) is 29.1 Å². The molecule has 0 fully saturated rings. The van der Waals surface area contributed by atoms with Gasteiger partial charge in [0.1, 0.15) is 11.3 Å². The van der Waals surface area contributed by atoms with E-state index in [1.54, 1.807) is 31.1 Å². The number of nitrogens with zero attached hydrogens (tertiary/aromatic N) is 5. The number of rotatable bonds is 6. The Morgan fingerprint density at radius 1 is 1.16 bits per heavy atom. The van der Waals surface area contributed by atoms with Crippen molar-refractivity contribution in [2.45, 2.75) is 38.7 Å². The number of hydrogen-bond donors (Lipinski definition) is 2. The summed E-state index contributed by atoms with van der Waals surface area (Å²) in [7, 11) is 5.59. The molecule has 0 radical (unpaired) electrons. The van der Waals surface area contributed by atoms with Gasteiger partial charge in [-0.1, -0.05) is 11.9 Å². The number of nitrogens with one attached hydrogen (secondary N) is 1. The second kappa shape index (κ2) is 9.11. The molecule has 0 unspecified atom stereocenters. The predicted molar refractivity (Wildman–Crippen MR) is 121 cm³/mol. The summed E-state index contributed by atoms with van der Waals surface area (Å²) in [6.07, 6.45) is -0.393. The van der Waals surface area contributed by atoms with Crippen molar-refractivity contribution in [1.29, 1.82) is 0 Å². The van der Waals surface area contributed by atoms with Crippen LogP contribution in [-0.2, 0) is 17.0 Å². The molecule has 0 saturated carbocycles. The van der Waals surface area contributed by atoms with Gasteiger partial charge in [0.2, 0.25) is 5.88 Å². The minimum absolute atomic E-state index is 0.0880. The van der Waals surface area contributed by atoms with Crippen LogP contribution in [0.25, 0.3) is 22.6 Å². The molecule has 2 N–H and O–H groups in total. The molecule has 0 aliphatic heterocycles. The Balaban J connectivity index is 1.80. The van der Waals surface area contributed by atoms with Gasteiger partial charge in [-0.15, -0.1) is 0 Å². The van der Waals surface area contributed by atoms with Crippen LogP contribution in [0.3, 0.4) is 0 Å². The smallest absolute Gasteiger partial charge is 0.410 e. The Hall–Kier alpha value is -2.85. The first-order chi connectivity index (χ1) is 14.5. The van der Waals surface area contributed by atoms with Gasteiger partial charge < -0.3 is 19.7 Å². The van der Waals surface area contributed by atoms with E-state index in [-0.39, 0.29) is 5.88 Å². The Labute approximate surface area is 186 Å². The summed E-state index contributed by atoms with van der Waals surface area (Å²) in [5.41, 5.74) is 3.12. The van der Waals surface area contributed by atoms with Crippen LogP contribution in [0.1, 0.15) is 32.2 Å². The molecule has 3 aromatic rings. The number of H-pyrrole nitrogens is 1. The van der Waals surface area contributed by atoms with Gasteiger partial charge in [-0.05, 0) is 53.1 Å². The minimum atomic E-state index is -0.548. The lowest BCUT2D eigenvalue weighted by Gasteiger charge is -2.24. The van der Waals surface area contributed by atoms with Gasteiger partial charge in [0.25, 0.3) is 0 Å². The Bertz CT molecular complexity index is 1080. The summed E-state index contributed by atoms with van der Waals surface area (Å²) < 4.78 is 7.36. The van der Waals surface area contributed by atoms with E-state index < -0.39 is 11.7 Å². The third-order valence-corrected chi connectivity index (χ3v) is 5.05. The van der Waals surface area contributed by atoms with Crippen molar-refractivity contribution in [3.8, 4) is 17.4 Å². The Kier molecular flexibility index (Phi) is 6.71. The van der Waals surface area contributed by atoms with Gasteiger partial charge in [-0.3, -0.25) is 4.31 Å². The van der Waals surface area contributed by atoms with E-state index in [2.05, 4.69) is 19.9 Å². The average Bonchev–Trinajstić information content (AvgIpc) is 3.05. The molecule has 1 amide bonds. The van der Waals surface area contributed by atoms with Crippen molar-refractivity contribution in [2.24, 2.45) is 0 Å². The van der Waals surface area contributed by atoms with E-state index in [0.717, 1.165) is 22.4 Å². The lowest BCUT2D eigenvalue weighted by Crippen LogP contribution is -2.33. The van der Waals surface area contributed by atoms with Crippen LogP contribution in [0.5, 0.6) is 5.88 Å². The third-order valence-electron chi connectivity index (χ3n) is 4.11. The zero-order chi connectivity index (χ0) is 22.8. The fourth-order valence-corrected chi connectivity index (χ4v) is 3.34. The molecule has 3 aromatic heterocycles. The summed E-state index contributed by atoms with van der Waals surface area (Å²) in [6.45, 7) is 5.86. The van der Waals surface area contributed by atoms with Crippen LogP contribution in [0.4, 0.5) is 4.79 Å². The van der Waals surface area contributed by atoms with E-state index in [0.29, 0.717) is 23.8 Å². The van der Waals surface area contributed by atoms with Crippen molar-refractivity contribution >= 4 is 29.1 Å². The number of carbonyl (C=O) groups excluding carboxylic acids is 1. The van der Waals surface area contributed by atoms with Crippen LogP contribution in [-0.4, -0.2) is 67.1 Å². The second-order valence-electron chi connectivity index (χ2n) is 8.39. The summed E-state index contributed by atoms with van der Waals surface area (Å²) >= 11 is 1.58. The standard InChI is InChI=1S/C21H28N6O3S/c1-21(2,3)30-20(29)27(6)11-13-9-17-15(22-13)7-8-16(24-17)19-23-14(10-18(28)25-19)12-31-26(4)5/h7-10,22H,11-12H2,1-6H3,(H,23,25,28). The Morgan fingerprint density at radius 3 is 2.58 bits per heavy atom. The summed E-state index contributed by atoms with van der Waals surface area (Å²) in [5.74, 6) is 0.892. The van der Waals surface area contributed by atoms with Crippen LogP contribution in [0.15, 0.2) is 24.3 Å². The largest absolute Gasteiger partial charge is 0.493 e. The normalized spacial score (nSPS) is 11.8. The summed E-state index contributed by atoms with van der Waals surface area (Å²) in [5, 5.41) is 10.0. The molecule has 0 aliphatic rings. The maximum atomic E-state index is 12.2. The van der Waals surface area contributed by atoms with E-state index in [9.17, 15) is 9.90 Å². The van der Waals surface area contributed by atoms with Gasteiger partial charge in [-0.25, -0.2) is 14.8 Å². The number of carbonyl (C=O) groups is 1. The first-order valence-corrected chi connectivity index (χ1v) is 10.7. The molecule has 9 nitrogen and oxygen atoms in total. The zero-order valence-corrected chi connectivity index (χ0v) is 19.4. The molecule has 0 saturated heterocycles. The highest BCUT2D eigenvalue weighted by atomic mass is 32.2. The lowest BCUT2D eigenvalue weighted by molar-refractivity contribution is 0.0283. The van der Waals surface area contributed by atoms with Crippen molar-refractivity contribution < 1.29 is 14.6 Å². The van der Waals surface area contributed by atoms with Crippen molar-refractivity contribution in [3.05, 3.63) is 35.7 Å².